The molecule has 10 heteroatoms. The highest BCUT2D eigenvalue weighted by molar-refractivity contribution is 5.96. The lowest BCUT2D eigenvalue weighted by molar-refractivity contribution is -0.123. The van der Waals surface area contributed by atoms with E-state index in [9.17, 15) is 9.90 Å². The van der Waals surface area contributed by atoms with Crippen molar-refractivity contribution in [3.8, 4) is 0 Å². The van der Waals surface area contributed by atoms with Gasteiger partial charge in [0.2, 0.25) is 5.91 Å². The fourth-order valence-electron chi connectivity index (χ4n) is 7.07. The number of nitrogens with zero attached hydrogens (tertiary/aromatic N) is 3. The van der Waals surface area contributed by atoms with Crippen LogP contribution in [-0.4, -0.2) is 104 Å². The van der Waals surface area contributed by atoms with Gasteiger partial charge in [-0.15, -0.1) is 0 Å². The van der Waals surface area contributed by atoms with Crippen LogP contribution in [0.1, 0.15) is 63.5 Å². The van der Waals surface area contributed by atoms with Crippen LogP contribution in [0, 0.1) is 11.8 Å². The minimum atomic E-state index is -0.525. The molecule has 1 saturated heterocycles. The molecule has 1 aromatic rings. The number of fused-ring (bicyclic) bond motifs is 1. The Morgan fingerprint density at radius 2 is 1.77 bits per heavy atom. The Balaban J connectivity index is 1.12. The predicted octanol–water partition coefficient (Wildman–Crippen LogP) is 2.20. The Bertz CT molecular complexity index is 1110. The molecule has 5 rings (SSSR count). The lowest BCUT2D eigenvalue weighted by atomic mass is 9.95. The average Bonchev–Trinajstić information content (AvgIpc) is 3.66. The molecule has 0 aromatic heterocycles. The molecule has 3 unspecified atom stereocenters. The van der Waals surface area contributed by atoms with Gasteiger partial charge in [-0.3, -0.25) is 15.0 Å². The van der Waals surface area contributed by atoms with Crippen LogP contribution in [0.15, 0.2) is 41.0 Å². The van der Waals surface area contributed by atoms with E-state index < -0.39 is 12.3 Å². The predicted molar refractivity (Wildman–Crippen MR) is 175 cm³/mol. The van der Waals surface area contributed by atoms with E-state index in [1.807, 2.05) is 13.0 Å². The maximum atomic E-state index is 12.2. The molecule has 0 radical (unpaired) electrons. The first-order valence-electron chi connectivity index (χ1n) is 17.1. The molecule has 1 aromatic carbocycles. The topological polar surface area (TPSA) is 113 Å². The van der Waals surface area contributed by atoms with Gasteiger partial charge in [0.05, 0.1) is 6.61 Å². The largest absolute Gasteiger partial charge is 0.387 e. The van der Waals surface area contributed by atoms with Gasteiger partial charge in [-0.25, -0.2) is 4.99 Å². The molecule has 2 heterocycles. The summed E-state index contributed by atoms with van der Waals surface area (Å²) in [5, 5.41) is 23.5. The number of amidine groups is 1. The van der Waals surface area contributed by atoms with Crippen LogP contribution in [-0.2, 0) is 22.6 Å². The van der Waals surface area contributed by atoms with Crippen LogP contribution >= 0.6 is 0 Å². The summed E-state index contributed by atoms with van der Waals surface area (Å²) >= 11 is 0. The van der Waals surface area contributed by atoms with Crippen LogP contribution in [0.4, 0.5) is 0 Å². The average molecular weight is 610 g/mol. The van der Waals surface area contributed by atoms with E-state index in [1.165, 1.54) is 43.2 Å². The van der Waals surface area contributed by atoms with Gasteiger partial charge < -0.3 is 30.7 Å². The lowest BCUT2D eigenvalue weighted by Gasteiger charge is -2.37. The number of benzene rings is 1. The van der Waals surface area contributed by atoms with E-state index in [1.54, 1.807) is 0 Å². The quantitative estimate of drug-likeness (QED) is 0.182. The molecule has 2 saturated carbocycles. The molecule has 2 aliphatic heterocycles. The lowest BCUT2D eigenvalue weighted by Crippen LogP contribution is -2.51. The second-order valence-electron chi connectivity index (χ2n) is 12.9. The van der Waals surface area contributed by atoms with Crippen molar-refractivity contribution in [3.05, 3.63) is 47.2 Å². The third kappa shape index (κ3) is 8.68. The first-order valence-corrected chi connectivity index (χ1v) is 17.1. The summed E-state index contributed by atoms with van der Waals surface area (Å²) in [6, 6.07) is 9.56. The molecule has 3 fully saturated rings. The van der Waals surface area contributed by atoms with Crippen molar-refractivity contribution < 1.29 is 14.6 Å². The zero-order chi connectivity index (χ0) is 30.8. The molecule has 10 nitrogen and oxygen atoms in total. The summed E-state index contributed by atoms with van der Waals surface area (Å²) in [6.07, 6.45) is 10.0. The number of aliphatic hydroxyl groups is 1. The zero-order valence-corrected chi connectivity index (χ0v) is 27.0. The Hall–Kier alpha value is -2.34. The van der Waals surface area contributed by atoms with E-state index in [2.05, 4.69) is 62.3 Å². The molecule has 4 aliphatic rings. The van der Waals surface area contributed by atoms with Crippen LogP contribution in [0.25, 0.3) is 0 Å². The third-order valence-electron chi connectivity index (χ3n) is 9.85. The van der Waals surface area contributed by atoms with Crippen LogP contribution in [0.5, 0.6) is 0 Å². The van der Waals surface area contributed by atoms with E-state index in [-0.39, 0.29) is 17.7 Å². The fraction of sp³-hybridized carbons (Fsp3) is 0.706. The molecule has 3 atom stereocenters. The second kappa shape index (κ2) is 16.3. The molecule has 0 bridgehead atoms. The summed E-state index contributed by atoms with van der Waals surface area (Å²) < 4.78 is 5.54. The Kier molecular flexibility index (Phi) is 12.2. The number of rotatable bonds is 16. The van der Waals surface area contributed by atoms with E-state index >= 15 is 0 Å². The second-order valence-corrected chi connectivity index (χ2v) is 12.9. The fourth-order valence-corrected chi connectivity index (χ4v) is 7.07. The van der Waals surface area contributed by atoms with Crippen molar-refractivity contribution in [3.63, 3.8) is 0 Å². The Labute approximate surface area is 264 Å². The number of ether oxygens (including phenoxy) is 1. The van der Waals surface area contributed by atoms with Gasteiger partial charge in [-0.05, 0) is 50.4 Å². The van der Waals surface area contributed by atoms with Crippen molar-refractivity contribution in [2.75, 3.05) is 65.6 Å². The van der Waals surface area contributed by atoms with Gasteiger partial charge in [0, 0.05) is 82.1 Å². The Morgan fingerprint density at radius 3 is 2.48 bits per heavy atom. The van der Waals surface area contributed by atoms with Crippen LogP contribution in [0.2, 0.25) is 0 Å². The van der Waals surface area contributed by atoms with E-state index in [4.69, 9.17) is 9.73 Å². The number of hydrogen-bond donors (Lipinski definition) is 5. The van der Waals surface area contributed by atoms with Gasteiger partial charge >= 0.3 is 0 Å². The standard InChI is InChI=1S/C34H55N7O3/c1-3-44-21-20-40-16-18-41(19-17-40)31-22-30(38-32(43)25-42)33-26(2)34(33,39-31)37-24-28-12-10-27(11-13-28)23-35-14-7-15-36-29-8-5-4-6-9-29/h10-13,22,26,29,33,35-37,42H,3-9,14-21,23-25H2,1-2H3,(H,38,43). The monoisotopic (exact) mass is 609 g/mol. The maximum absolute atomic E-state index is 12.2. The van der Waals surface area contributed by atoms with Crippen molar-refractivity contribution in [2.45, 2.75) is 77.2 Å². The van der Waals surface area contributed by atoms with Crippen molar-refractivity contribution >= 4 is 11.7 Å². The smallest absolute Gasteiger partial charge is 0.249 e. The SMILES string of the molecule is CCOCCN1CCN(C2=NC3(NCc4ccc(CNCCCNC5CCCCC5)cc4)C(C)C3C(NC(=O)CO)=C2)CC1. The van der Waals surface area contributed by atoms with Gasteiger partial charge in [-0.1, -0.05) is 50.5 Å². The molecular weight excluding hydrogens is 554 g/mol. The summed E-state index contributed by atoms with van der Waals surface area (Å²) in [5.41, 5.74) is 2.90. The highest BCUT2D eigenvalue weighted by atomic mass is 16.5. The normalized spacial score (nSPS) is 25.8. The molecule has 1 amide bonds. The zero-order valence-electron chi connectivity index (χ0n) is 27.0. The van der Waals surface area contributed by atoms with Crippen LogP contribution in [0.3, 0.4) is 0 Å². The number of aliphatic imine (C=N–C) groups is 1. The summed E-state index contributed by atoms with van der Waals surface area (Å²) in [6.45, 7) is 13.5. The van der Waals surface area contributed by atoms with Gasteiger partial charge in [-0.2, -0.15) is 0 Å². The maximum Gasteiger partial charge on any atom is 0.249 e. The summed E-state index contributed by atoms with van der Waals surface area (Å²) in [5.74, 6) is 0.834. The van der Waals surface area contributed by atoms with Gasteiger partial charge in [0.25, 0.3) is 0 Å². The first kappa shape index (κ1) is 33.0. The molecule has 44 heavy (non-hydrogen) atoms. The molecule has 2 aliphatic carbocycles. The number of carbonyl (C=O) groups excluding carboxylic acids is 1. The van der Waals surface area contributed by atoms with Gasteiger partial charge in [0.1, 0.15) is 18.1 Å². The van der Waals surface area contributed by atoms with E-state index in [0.29, 0.717) is 6.54 Å². The van der Waals surface area contributed by atoms with Crippen molar-refractivity contribution in [2.24, 2.45) is 16.8 Å². The number of hydrogen-bond acceptors (Lipinski definition) is 9. The van der Waals surface area contributed by atoms with Crippen molar-refractivity contribution in [1.82, 2.24) is 31.1 Å². The summed E-state index contributed by atoms with van der Waals surface area (Å²) in [7, 11) is 0. The molecule has 0 spiro atoms. The number of aliphatic hydroxyl groups excluding tert-OH is 1. The van der Waals surface area contributed by atoms with Crippen molar-refractivity contribution in [1.29, 1.82) is 0 Å². The molecular formula is C34H55N7O3. The number of amides is 1. The first-order chi connectivity index (χ1) is 21.5. The highest BCUT2D eigenvalue weighted by Crippen LogP contribution is 2.56. The number of dihydropyridines is 1. The summed E-state index contributed by atoms with van der Waals surface area (Å²) in [4.78, 5) is 22.2. The van der Waals surface area contributed by atoms with E-state index in [0.717, 1.165) is 89.6 Å². The minimum absolute atomic E-state index is 0.0744. The number of nitrogens with one attached hydrogen (secondary N) is 4. The number of carbonyl (C=O) groups is 1. The Morgan fingerprint density at radius 1 is 1.05 bits per heavy atom. The highest BCUT2D eigenvalue weighted by Gasteiger charge is 2.66. The molecule has 244 valence electrons. The number of piperazine rings is 1. The minimum Gasteiger partial charge on any atom is -0.387 e. The van der Waals surface area contributed by atoms with Crippen LogP contribution < -0.4 is 21.3 Å². The van der Waals surface area contributed by atoms with Gasteiger partial charge in [0.15, 0.2) is 0 Å². The third-order valence-corrected chi connectivity index (χ3v) is 9.85. The molecule has 5 N–H and O–H groups in total.